The molecule has 0 aliphatic carbocycles. The van der Waals surface area contributed by atoms with Crippen LogP contribution in [0.1, 0.15) is 23.1 Å². The monoisotopic (exact) mass is 232 g/mol. The Balaban J connectivity index is 3.02. The first-order valence-corrected chi connectivity index (χ1v) is 5.45. The van der Waals surface area contributed by atoms with Crippen molar-refractivity contribution < 1.29 is 4.92 Å². The normalized spacial score (nSPS) is 9.59. The fraction of sp³-hybridized carbons (Fsp3) is 0.385. The number of benzene rings is 1. The molecule has 1 rings (SSSR count). The van der Waals surface area contributed by atoms with Gasteiger partial charge in [0.15, 0.2) is 0 Å². The van der Waals surface area contributed by atoms with E-state index in [4.69, 9.17) is 0 Å². The topological polar surface area (TPSA) is 55.2 Å². The van der Waals surface area contributed by atoms with Gasteiger partial charge in [0.1, 0.15) is 0 Å². The Hall–Kier alpha value is -1.86. The Morgan fingerprint density at radius 1 is 1.35 bits per heavy atom. The van der Waals surface area contributed by atoms with Crippen molar-refractivity contribution in [2.24, 2.45) is 0 Å². The summed E-state index contributed by atoms with van der Waals surface area (Å²) in [7, 11) is 1.86. The molecule has 0 aromatic heterocycles. The van der Waals surface area contributed by atoms with Crippen molar-refractivity contribution >= 4 is 5.69 Å². The summed E-state index contributed by atoms with van der Waals surface area (Å²) in [5.74, 6) is 5.97. The number of nitrogens with zero attached hydrogens (tertiary/aromatic N) is 1. The van der Waals surface area contributed by atoms with Gasteiger partial charge in [0.05, 0.1) is 4.92 Å². The Morgan fingerprint density at radius 2 is 2.06 bits per heavy atom. The number of aryl methyl sites for hydroxylation is 2. The summed E-state index contributed by atoms with van der Waals surface area (Å²) in [6.45, 7) is 4.47. The third-order valence-electron chi connectivity index (χ3n) is 2.46. The molecular formula is C13H16N2O2. The van der Waals surface area contributed by atoms with Gasteiger partial charge in [-0.05, 0) is 32.5 Å². The highest BCUT2D eigenvalue weighted by Crippen LogP contribution is 2.21. The summed E-state index contributed by atoms with van der Waals surface area (Å²) < 4.78 is 0. The number of nitro groups is 1. The fourth-order valence-corrected chi connectivity index (χ4v) is 1.52. The maximum absolute atomic E-state index is 10.8. The van der Waals surface area contributed by atoms with Crippen molar-refractivity contribution in [3.05, 3.63) is 38.9 Å². The summed E-state index contributed by atoms with van der Waals surface area (Å²) in [6.07, 6.45) is 0.734. The molecule has 0 saturated carbocycles. The molecule has 4 nitrogen and oxygen atoms in total. The predicted molar refractivity (Wildman–Crippen MR) is 68.0 cm³/mol. The van der Waals surface area contributed by atoms with Crippen molar-refractivity contribution in [2.75, 3.05) is 13.6 Å². The van der Waals surface area contributed by atoms with E-state index < -0.39 is 0 Å². The molecule has 0 amide bonds. The molecule has 1 aromatic rings. The molecule has 1 aromatic carbocycles. The van der Waals surface area contributed by atoms with E-state index in [1.54, 1.807) is 19.1 Å². The van der Waals surface area contributed by atoms with E-state index >= 15 is 0 Å². The molecular weight excluding hydrogens is 216 g/mol. The standard InChI is InChI=1S/C13H16N2O2/c1-10-8-11(2)13(15(16)17)9-12(10)6-4-5-7-14-3/h8-9,14H,5,7H2,1-3H3. The molecule has 0 radical (unpaired) electrons. The SMILES string of the molecule is CNCCC#Cc1cc([N+](=O)[O-])c(C)cc1C. The van der Waals surface area contributed by atoms with Gasteiger partial charge in [-0.2, -0.15) is 0 Å². The largest absolute Gasteiger partial charge is 0.319 e. The molecule has 0 spiro atoms. The number of rotatable bonds is 3. The quantitative estimate of drug-likeness (QED) is 0.376. The highest BCUT2D eigenvalue weighted by atomic mass is 16.6. The van der Waals surface area contributed by atoms with E-state index in [1.165, 1.54) is 0 Å². The van der Waals surface area contributed by atoms with Gasteiger partial charge in [0, 0.05) is 30.2 Å². The maximum Gasteiger partial charge on any atom is 0.273 e. The van der Waals surface area contributed by atoms with Gasteiger partial charge in [0.2, 0.25) is 0 Å². The first-order chi connectivity index (χ1) is 8.06. The highest BCUT2D eigenvalue weighted by Gasteiger charge is 2.12. The lowest BCUT2D eigenvalue weighted by atomic mass is 10.0. The summed E-state index contributed by atoms with van der Waals surface area (Å²) >= 11 is 0. The van der Waals surface area contributed by atoms with Gasteiger partial charge < -0.3 is 5.32 Å². The van der Waals surface area contributed by atoms with Crippen LogP contribution in [0.15, 0.2) is 12.1 Å². The van der Waals surface area contributed by atoms with Gasteiger partial charge in [-0.3, -0.25) is 10.1 Å². The zero-order chi connectivity index (χ0) is 12.8. The van der Waals surface area contributed by atoms with Crippen LogP contribution in [0.25, 0.3) is 0 Å². The van der Waals surface area contributed by atoms with Crippen molar-refractivity contribution in [1.82, 2.24) is 5.32 Å². The van der Waals surface area contributed by atoms with E-state index in [2.05, 4.69) is 17.2 Å². The average Bonchev–Trinajstić information content (AvgIpc) is 2.26. The molecule has 0 atom stereocenters. The van der Waals surface area contributed by atoms with Crippen LogP contribution in [0.5, 0.6) is 0 Å². The number of hydrogen-bond acceptors (Lipinski definition) is 3. The molecule has 0 aliphatic heterocycles. The van der Waals surface area contributed by atoms with Gasteiger partial charge >= 0.3 is 0 Å². The Morgan fingerprint density at radius 3 is 2.65 bits per heavy atom. The first kappa shape index (κ1) is 13.2. The number of hydrogen-bond donors (Lipinski definition) is 1. The number of nitrogens with one attached hydrogen (secondary N) is 1. The molecule has 1 N–H and O–H groups in total. The second-order valence-corrected chi connectivity index (χ2v) is 3.87. The van der Waals surface area contributed by atoms with Gasteiger partial charge in [-0.25, -0.2) is 0 Å². The Bertz CT molecular complexity index is 484. The van der Waals surface area contributed by atoms with Crippen molar-refractivity contribution in [1.29, 1.82) is 0 Å². The van der Waals surface area contributed by atoms with Crippen LogP contribution in [-0.2, 0) is 0 Å². The lowest BCUT2D eigenvalue weighted by Gasteiger charge is -2.01. The third-order valence-corrected chi connectivity index (χ3v) is 2.46. The summed E-state index contributed by atoms with van der Waals surface area (Å²) in [4.78, 5) is 10.4. The molecule has 0 saturated heterocycles. The Kier molecular flexibility index (Phi) is 4.68. The average molecular weight is 232 g/mol. The second kappa shape index (κ2) is 6.02. The van der Waals surface area contributed by atoms with Crippen LogP contribution in [0, 0.1) is 35.8 Å². The highest BCUT2D eigenvalue weighted by molar-refractivity contribution is 5.52. The van der Waals surface area contributed by atoms with Crippen molar-refractivity contribution in [3.8, 4) is 11.8 Å². The zero-order valence-corrected chi connectivity index (χ0v) is 10.3. The summed E-state index contributed by atoms with van der Waals surface area (Å²) in [6, 6.07) is 3.36. The van der Waals surface area contributed by atoms with E-state index in [1.807, 2.05) is 14.0 Å². The fourth-order valence-electron chi connectivity index (χ4n) is 1.52. The van der Waals surface area contributed by atoms with Crippen molar-refractivity contribution in [3.63, 3.8) is 0 Å². The summed E-state index contributed by atoms with van der Waals surface area (Å²) in [5, 5.41) is 13.8. The minimum atomic E-state index is -0.368. The first-order valence-electron chi connectivity index (χ1n) is 5.45. The molecule has 0 aliphatic rings. The van der Waals surface area contributed by atoms with E-state index in [0.29, 0.717) is 5.56 Å². The van der Waals surface area contributed by atoms with Crippen molar-refractivity contribution in [2.45, 2.75) is 20.3 Å². The van der Waals surface area contributed by atoms with Crippen LogP contribution in [0.2, 0.25) is 0 Å². The molecule has 0 fully saturated rings. The van der Waals surface area contributed by atoms with E-state index in [-0.39, 0.29) is 10.6 Å². The van der Waals surface area contributed by atoms with E-state index in [9.17, 15) is 10.1 Å². The van der Waals surface area contributed by atoms with Gasteiger partial charge in [-0.15, -0.1) is 0 Å². The number of nitro benzene ring substituents is 1. The maximum atomic E-state index is 10.8. The van der Waals surface area contributed by atoms with Crippen LogP contribution < -0.4 is 5.32 Å². The minimum Gasteiger partial charge on any atom is -0.319 e. The van der Waals surface area contributed by atoms with Crippen LogP contribution in [0.3, 0.4) is 0 Å². The van der Waals surface area contributed by atoms with Gasteiger partial charge in [-0.1, -0.05) is 11.8 Å². The molecule has 4 heteroatoms. The van der Waals surface area contributed by atoms with Crippen LogP contribution in [-0.4, -0.2) is 18.5 Å². The lowest BCUT2D eigenvalue weighted by Crippen LogP contribution is -2.05. The van der Waals surface area contributed by atoms with Crippen LogP contribution in [0.4, 0.5) is 5.69 Å². The Labute approximate surface area is 101 Å². The second-order valence-electron chi connectivity index (χ2n) is 3.87. The molecule has 0 unspecified atom stereocenters. The van der Waals surface area contributed by atoms with Gasteiger partial charge in [0.25, 0.3) is 5.69 Å². The molecule has 90 valence electrons. The summed E-state index contributed by atoms with van der Waals surface area (Å²) in [5.41, 5.74) is 2.52. The molecule has 0 bridgehead atoms. The molecule has 17 heavy (non-hydrogen) atoms. The lowest BCUT2D eigenvalue weighted by molar-refractivity contribution is -0.385. The smallest absolute Gasteiger partial charge is 0.273 e. The van der Waals surface area contributed by atoms with E-state index in [0.717, 1.165) is 24.1 Å². The molecule has 0 heterocycles. The predicted octanol–water partition coefficient (Wildman–Crippen LogP) is 2.17. The zero-order valence-electron chi connectivity index (χ0n) is 10.3. The van der Waals surface area contributed by atoms with Crippen LogP contribution >= 0.6 is 0 Å². The minimum absolute atomic E-state index is 0.133. The third kappa shape index (κ3) is 3.58.